The molecule has 1 atom stereocenters. The first kappa shape index (κ1) is 17.4. The minimum Gasteiger partial charge on any atom is -0.319 e. The zero-order valence-corrected chi connectivity index (χ0v) is 17.2. The van der Waals surface area contributed by atoms with Crippen LogP contribution in [-0.2, 0) is 6.54 Å². The molecule has 2 N–H and O–H groups in total. The summed E-state index contributed by atoms with van der Waals surface area (Å²) in [6, 6.07) is 5.95. The van der Waals surface area contributed by atoms with Crippen LogP contribution in [0, 0.1) is 3.57 Å². The zero-order valence-electron chi connectivity index (χ0n) is 11.9. The highest BCUT2D eigenvalue weighted by Gasteiger charge is 2.20. The summed E-state index contributed by atoms with van der Waals surface area (Å²) in [7, 11) is 4.10. The summed E-state index contributed by atoms with van der Waals surface area (Å²) in [6.45, 7) is 1.73. The van der Waals surface area contributed by atoms with Gasteiger partial charge in [0.25, 0.3) is 0 Å². The van der Waals surface area contributed by atoms with Crippen molar-refractivity contribution in [3.63, 3.8) is 0 Å². The summed E-state index contributed by atoms with van der Waals surface area (Å²) in [6.07, 6.45) is 1.82. The molecule has 1 unspecified atom stereocenters. The van der Waals surface area contributed by atoms with Crippen molar-refractivity contribution in [2.45, 2.75) is 12.6 Å². The van der Waals surface area contributed by atoms with Crippen LogP contribution in [0.15, 0.2) is 33.3 Å². The Balaban J connectivity index is 2.36. The van der Waals surface area contributed by atoms with E-state index in [0.29, 0.717) is 0 Å². The van der Waals surface area contributed by atoms with E-state index in [1.54, 1.807) is 0 Å². The molecule has 2 rings (SSSR count). The topological polar surface area (TPSA) is 47.1 Å². The van der Waals surface area contributed by atoms with Gasteiger partial charge in [-0.15, -0.1) is 0 Å². The Morgan fingerprint density at radius 1 is 1.38 bits per heavy atom. The Labute approximate surface area is 155 Å². The van der Waals surface area contributed by atoms with Crippen molar-refractivity contribution >= 4 is 54.5 Å². The van der Waals surface area contributed by atoms with E-state index in [4.69, 9.17) is 5.73 Å². The summed E-state index contributed by atoms with van der Waals surface area (Å²) in [5.41, 5.74) is 8.61. The van der Waals surface area contributed by atoms with Gasteiger partial charge >= 0.3 is 0 Å². The number of nitrogens with zero attached hydrogens (tertiary/aromatic N) is 3. The Morgan fingerprint density at radius 2 is 2.10 bits per heavy atom. The monoisotopic (exact) mass is 526 g/mol. The molecule has 0 radical (unpaired) electrons. The van der Waals surface area contributed by atoms with Crippen molar-refractivity contribution in [1.29, 1.82) is 0 Å². The predicted molar refractivity (Wildman–Crippen MR) is 101 cm³/mol. The van der Waals surface area contributed by atoms with Gasteiger partial charge in [0.1, 0.15) is 0 Å². The number of nitrogens with two attached hydrogens (primary N) is 1. The lowest BCUT2D eigenvalue weighted by atomic mass is 10.0. The van der Waals surface area contributed by atoms with Crippen LogP contribution >= 0.6 is 54.5 Å². The third-order valence-electron chi connectivity index (χ3n) is 3.18. The number of benzene rings is 1. The van der Waals surface area contributed by atoms with Gasteiger partial charge in [0.2, 0.25) is 0 Å². The van der Waals surface area contributed by atoms with E-state index in [0.717, 1.165) is 36.9 Å². The maximum atomic E-state index is 6.51. The number of likely N-dealkylation sites (N-methyl/N-ethyl adjacent to an activating group) is 1. The summed E-state index contributed by atoms with van der Waals surface area (Å²) in [4.78, 5) is 2.13. The maximum Gasteiger partial charge on any atom is 0.0745 e. The van der Waals surface area contributed by atoms with Crippen LogP contribution in [-0.4, -0.2) is 35.3 Å². The lowest BCUT2D eigenvalue weighted by molar-refractivity contribution is 0.368. The van der Waals surface area contributed by atoms with Crippen molar-refractivity contribution in [3.05, 3.63) is 48.2 Å². The first-order valence-electron chi connectivity index (χ1n) is 6.46. The molecule has 1 heterocycles. The minimum absolute atomic E-state index is 0.214. The van der Waals surface area contributed by atoms with Crippen molar-refractivity contribution in [1.82, 2.24) is 14.7 Å². The molecule has 0 saturated carbocycles. The van der Waals surface area contributed by atoms with Crippen LogP contribution in [0.2, 0.25) is 0 Å². The van der Waals surface area contributed by atoms with Gasteiger partial charge in [0, 0.05) is 14.6 Å². The number of halogens is 3. The van der Waals surface area contributed by atoms with Crippen LogP contribution in [0.4, 0.5) is 0 Å². The summed E-state index contributed by atoms with van der Waals surface area (Å²) in [5.74, 6) is 0. The molecule has 0 aliphatic heterocycles. The molecule has 0 aliphatic rings. The highest BCUT2D eigenvalue weighted by Crippen LogP contribution is 2.31. The summed E-state index contributed by atoms with van der Waals surface area (Å²) in [5, 5.41) is 4.44. The average molecular weight is 528 g/mol. The molecule has 0 bridgehead atoms. The number of hydrogen-bond acceptors (Lipinski definition) is 3. The smallest absolute Gasteiger partial charge is 0.0745 e. The Morgan fingerprint density at radius 3 is 2.76 bits per heavy atom. The van der Waals surface area contributed by atoms with Crippen LogP contribution in [0.1, 0.15) is 17.3 Å². The second kappa shape index (κ2) is 7.54. The first-order chi connectivity index (χ1) is 9.90. The molecular formula is C14H17Br2IN4. The molecule has 0 saturated heterocycles. The second-order valence-electron chi connectivity index (χ2n) is 5.05. The quantitative estimate of drug-likeness (QED) is 0.604. The fourth-order valence-corrected chi connectivity index (χ4v) is 3.65. The lowest BCUT2D eigenvalue weighted by Gasteiger charge is -2.18. The molecule has 21 heavy (non-hydrogen) atoms. The molecule has 0 fully saturated rings. The standard InChI is InChI=1S/C14H17Br2IN4/c1-20(2)5-6-21-14(11(16)8-19-21)13(18)10-7-9(15)3-4-12(10)17/h3-4,7-8,13H,5-6,18H2,1-2H3. The lowest BCUT2D eigenvalue weighted by Crippen LogP contribution is -2.24. The van der Waals surface area contributed by atoms with Gasteiger partial charge in [0.15, 0.2) is 0 Å². The predicted octanol–water partition coefficient (Wildman–Crippen LogP) is 3.62. The highest BCUT2D eigenvalue weighted by atomic mass is 127. The largest absolute Gasteiger partial charge is 0.319 e. The third-order valence-corrected chi connectivity index (χ3v) is 5.27. The molecule has 2 aromatic rings. The van der Waals surface area contributed by atoms with Crippen LogP contribution < -0.4 is 5.73 Å². The van der Waals surface area contributed by atoms with Crippen molar-refractivity contribution in [2.24, 2.45) is 5.73 Å². The fourth-order valence-electron chi connectivity index (χ4n) is 2.05. The van der Waals surface area contributed by atoms with Crippen molar-refractivity contribution in [2.75, 3.05) is 20.6 Å². The molecule has 7 heteroatoms. The molecule has 1 aromatic heterocycles. The number of aromatic nitrogens is 2. The van der Waals surface area contributed by atoms with E-state index < -0.39 is 0 Å². The van der Waals surface area contributed by atoms with E-state index in [-0.39, 0.29) is 6.04 Å². The van der Waals surface area contributed by atoms with Crippen LogP contribution in [0.25, 0.3) is 0 Å². The summed E-state index contributed by atoms with van der Waals surface area (Å²) >= 11 is 9.41. The molecule has 0 amide bonds. The van der Waals surface area contributed by atoms with E-state index in [9.17, 15) is 0 Å². The molecule has 0 spiro atoms. The molecule has 1 aromatic carbocycles. The second-order valence-corrected chi connectivity index (χ2v) is 7.98. The van der Waals surface area contributed by atoms with Gasteiger partial charge in [-0.2, -0.15) is 5.10 Å². The molecule has 0 aliphatic carbocycles. The maximum absolute atomic E-state index is 6.51. The van der Waals surface area contributed by atoms with Gasteiger partial charge in [-0.3, -0.25) is 4.68 Å². The fraction of sp³-hybridized carbons (Fsp3) is 0.357. The van der Waals surface area contributed by atoms with Crippen molar-refractivity contribution in [3.8, 4) is 0 Å². The van der Waals surface area contributed by atoms with Crippen molar-refractivity contribution < 1.29 is 0 Å². The Kier molecular flexibility index (Phi) is 6.25. The van der Waals surface area contributed by atoms with Gasteiger partial charge in [0.05, 0.1) is 29.0 Å². The van der Waals surface area contributed by atoms with Crippen LogP contribution in [0.3, 0.4) is 0 Å². The average Bonchev–Trinajstić information content (AvgIpc) is 2.79. The first-order valence-corrected chi connectivity index (χ1v) is 9.13. The van der Waals surface area contributed by atoms with E-state index >= 15 is 0 Å². The highest BCUT2D eigenvalue weighted by molar-refractivity contribution is 14.1. The normalized spacial score (nSPS) is 12.9. The van der Waals surface area contributed by atoms with Gasteiger partial charge < -0.3 is 10.6 Å². The van der Waals surface area contributed by atoms with Gasteiger partial charge in [-0.05, 0) is 76.4 Å². The van der Waals surface area contributed by atoms with Crippen LogP contribution in [0.5, 0.6) is 0 Å². The number of hydrogen-bond donors (Lipinski definition) is 1. The number of rotatable bonds is 5. The van der Waals surface area contributed by atoms with E-state index in [1.807, 2.05) is 16.9 Å². The molecule has 4 nitrogen and oxygen atoms in total. The zero-order chi connectivity index (χ0) is 15.6. The SMILES string of the molecule is CN(C)CCn1ncc(Br)c1C(N)c1cc(Br)ccc1I. The third kappa shape index (κ3) is 4.28. The molecule has 114 valence electrons. The van der Waals surface area contributed by atoms with E-state index in [1.165, 1.54) is 0 Å². The Hall–Kier alpha value is 0.0400. The Bertz CT molecular complexity index is 627. The van der Waals surface area contributed by atoms with E-state index in [2.05, 4.69) is 90.7 Å². The van der Waals surface area contributed by atoms with Gasteiger partial charge in [-0.25, -0.2) is 0 Å². The van der Waals surface area contributed by atoms with Gasteiger partial charge in [-0.1, -0.05) is 15.9 Å². The summed E-state index contributed by atoms with van der Waals surface area (Å²) < 4.78 is 5.11. The molecular weight excluding hydrogens is 511 g/mol. The minimum atomic E-state index is -0.214.